The lowest BCUT2D eigenvalue weighted by Gasteiger charge is -2.11. The van der Waals surface area contributed by atoms with E-state index in [0.29, 0.717) is 0 Å². The SMILES string of the molecule is C=O.CC[C@H](C)[C@H](N)C(=O)O.CC[C@H](C)[C@H](N)C(=O)O. The zero-order valence-electron chi connectivity index (χ0n) is 12.7. The second kappa shape index (κ2) is 14.0. The van der Waals surface area contributed by atoms with Crippen LogP contribution in [0.25, 0.3) is 0 Å². The molecule has 0 saturated heterocycles. The van der Waals surface area contributed by atoms with E-state index in [1.807, 2.05) is 34.5 Å². The van der Waals surface area contributed by atoms with Crippen molar-refractivity contribution in [2.75, 3.05) is 0 Å². The van der Waals surface area contributed by atoms with Crippen molar-refractivity contribution in [3.8, 4) is 0 Å². The van der Waals surface area contributed by atoms with Crippen molar-refractivity contribution in [2.45, 2.75) is 52.6 Å². The lowest BCUT2D eigenvalue weighted by Crippen LogP contribution is -2.36. The summed E-state index contributed by atoms with van der Waals surface area (Å²) in [5.41, 5.74) is 10.5. The molecule has 0 unspecified atom stereocenters. The molecule has 0 heterocycles. The first-order valence-corrected chi connectivity index (χ1v) is 6.44. The van der Waals surface area contributed by atoms with Crippen molar-refractivity contribution in [1.29, 1.82) is 0 Å². The Morgan fingerprint density at radius 3 is 1.15 bits per heavy atom. The summed E-state index contributed by atoms with van der Waals surface area (Å²) in [5, 5.41) is 16.7. The van der Waals surface area contributed by atoms with Crippen LogP contribution in [0.5, 0.6) is 0 Å². The summed E-state index contributed by atoms with van der Waals surface area (Å²) in [6, 6.07) is -1.40. The maximum Gasteiger partial charge on any atom is 0.320 e. The Morgan fingerprint density at radius 1 is 0.900 bits per heavy atom. The maximum absolute atomic E-state index is 10.2. The Morgan fingerprint density at radius 2 is 1.10 bits per heavy atom. The summed E-state index contributed by atoms with van der Waals surface area (Å²) >= 11 is 0. The molecule has 0 bridgehead atoms. The van der Waals surface area contributed by atoms with Crippen molar-refractivity contribution >= 4 is 18.7 Å². The van der Waals surface area contributed by atoms with Crippen LogP contribution in [0, 0.1) is 11.8 Å². The summed E-state index contributed by atoms with van der Waals surface area (Å²) in [7, 11) is 0. The topological polar surface area (TPSA) is 144 Å². The van der Waals surface area contributed by atoms with Crippen LogP contribution in [0.2, 0.25) is 0 Å². The Kier molecular flexibility index (Phi) is 16.5. The van der Waals surface area contributed by atoms with Crippen molar-refractivity contribution in [2.24, 2.45) is 23.3 Å². The number of hydrogen-bond donors (Lipinski definition) is 4. The van der Waals surface area contributed by atoms with Gasteiger partial charge in [0.15, 0.2) is 0 Å². The highest BCUT2D eigenvalue weighted by Gasteiger charge is 2.17. The Hall–Kier alpha value is -1.47. The number of carboxylic acids is 2. The standard InChI is InChI=1S/2C6H13NO2.CH2O/c2*1-3-4(2)5(7)6(8)9;1-2/h2*4-5H,3,7H2,1-2H3,(H,8,9);1H2/t2*4-,5-;/m00./s1. The monoisotopic (exact) mass is 292 g/mol. The molecule has 0 aliphatic heterocycles. The highest BCUT2D eigenvalue weighted by atomic mass is 16.4. The molecular weight excluding hydrogens is 264 g/mol. The average Bonchev–Trinajstić information content (AvgIpc) is 2.46. The van der Waals surface area contributed by atoms with Gasteiger partial charge in [-0.1, -0.05) is 40.5 Å². The Balaban J connectivity index is -0.000000257. The van der Waals surface area contributed by atoms with Gasteiger partial charge in [-0.25, -0.2) is 0 Å². The molecule has 20 heavy (non-hydrogen) atoms. The van der Waals surface area contributed by atoms with Gasteiger partial charge in [-0.15, -0.1) is 0 Å². The number of rotatable bonds is 6. The molecule has 0 saturated carbocycles. The molecule has 6 N–H and O–H groups in total. The number of aliphatic carboxylic acids is 2. The minimum atomic E-state index is -0.913. The zero-order valence-corrected chi connectivity index (χ0v) is 12.7. The molecule has 0 aromatic carbocycles. The normalized spacial score (nSPS) is 15.3. The molecule has 0 aliphatic carbocycles. The predicted octanol–water partition coefficient (Wildman–Crippen LogP) is 0.704. The number of carbonyl (C=O) groups excluding carboxylic acids is 1. The predicted molar refractivity (Wildman–Crippen MR) is 77.3 cm³/mol. The van der Waals surface area contributed by atoms with Gasteiger partial charge in [-0.05, 0) is 11.8 Å². The van der Waals surface area contributed by atoms with Crippen molar-refractivity contribution < 1.29 is 24.6 Å². The summed E-state index contributed by atoms with van der Waals surface area (Å²) < 4.78 is 0. The van der Waals surface area contributed by atoms with Crippen molar-refractivity contribution in [1.82, 2.24) is 0 Å². The fourth-order valence-electron chi connectivity index (χ4n) is 0.995. The van der Waals surface area contributed by atoms with E-state index in [1.165, 1.54) is 0 Å². The van der Waals surface area contributed by atoms with Gasteiger partial charge in [-0.3, -0.25) is 9.59 Å². The first kappa shape index (κ1) is 23.6. The van der Waals surface area contributed by atoms with Crippen LogP contribution >= 0.6 is 0 Å². The number of nitrogens with two attached hydrogens (primary N) is 2. The third-order valence-electron chi connectivity index (χ3n) is 3.08. The largest absolute Gasteiger partial charge is 0.480 e. The Bertz CT molecular complexity index is 247. The number of carboxylic acid groups (broad SMARTS) is 2. The van der Waals surface area contributed by atoms with Crippen LogP contribution in [0.1, 0.15) is 40.5 Å². The molecule has 4 atom stereocenters. The van der Waals surface area contributed by atoms with Gasteiger partial charge >= 0.3 is 11.9 Å². The Labute approximate surface area is 120 Å². The molecule has 0 aromatic rings. The highest BCUT2D eigenvalue weighted by molar-refractivity contribution is 5.73. The molecule has 0 rings (SSSR count). The van der Waals surface area contributed by atoms with E-state index < -0.39 is 24.0 Å². The van der Waals surface area contributed by atoms with E-state index >= 15 is 0 Å². The van der Waals surface area contributed by atoms with E-state index in [4.69, 9.17) is 26.5 Å². The van der Waals surface area contributed by atoms with Crippen LogP contribution < -0.4 is 11.5 Å². The quantitative estimate of drug-likeness (QED) is 0.564. The molecule has 0 amide bonds. The van der Waals surface area contributed by atoms with Crippen LogP contribution in [0.3, 0.4) is 0 Å². The first-order valence-electron chi connectivity index (χ1n) is 6.44. The molecule has 7 nitrogen and oxygen atoms in total. The van der Waals surface area contributed by atoms with E-state index in [-0.39, 0.29) is 11.8 Å². The van der Waals surface area contributed by atoms with Crippen LogP contribution in [0.15, 0.2) is 0 Å². The zero-order chi connectivity index (χ0) is 16.9. The minimum absolute atomic E-state index is 0.0718. The molecule has 0 spiro atoms. The van der Waals surface area contributed by atoms with Gasteiger partial charge in [0, 0.05) is 0 Å². The molecule has 0 fully saturated rings. The van der Waals surface area contributed by atoms with Crippen LogP contribution in [0.4, 0.5) is 0 Å². The van der Waals surface area contributed by atoms with Crippen molar-refractivity contribution in [3.05, 3.63) is 0 Å². The van der Waals surface area contributed by atoms with Gasteiger partial charge in [0.05, 0.1) is 0 Å². The van der Waals surface area contributed by atoms with E-state index in [2.05, 4.69) is 0 Å². The van der Waals surface area contributed by atoms with Crippen molar-refractivity contribution in [3.63, 3.8) is 0 Å². The lowest BCUT2D eigenvalue weighted by molar-refractivity contribution is -0.140. The van der Waals surface area contributed by atoms with Crippen LogP contribution in [-0.2, 0) is 14.4 Å². The van der Waals surface area contributed by atoms with Gasteiger partial charge in [0.25, 0.3) is 0 Å². The fourth-order valence-corrected chi connectivity index (χ4v) is 0.995. The summed E-state index contributed by atoms with van der Waals surface area (Å²) in [4.78, 5) is 28.3. The molecule has 120 valence electrons. The third kappa shape index (κ3) is 11.6. The summed E-state index contributed by atoms with van der Waals surface area (Å²) in [6.45, 7) is 9.51. The minimum Gasteiger partial charge on any atom is -0.480 e. The highest BCUT2D eigenvalue weighted by Crippen LogP contribution is 2.04. The molecule has 0 aliphatic rings. The molecule has 7 heteroatoms. The fraction of sp³-hybridized carbons (Fsp3) is 0.769. The lowest BCUT2D eigenvalue weighted by atomic mass is 10.0. The maximum atomic E-state index is 10.2. The first-order chi connectivity index (χ1) is 9.18. The molecule has 0 aromatic heterocycles. The second-order valence-electron chi connectivity index (χ2n) is 4.50. The van der Waals surface area contributed by atoms with Gasteiger partial charge in [0.1, 0.15) is 18.9 Å². The van der Waals surface area contributed by atoms with E-state index in [1.54, 1.807) is 0 Å². The van der Waals surface area contributed by atoms with Gasteiger partial charge < -0.3 is 26.5 Å². The van der Waals surface area contributed by atoms with Gasteiger partial charge in [0.2, 0.25) is 0 Å². The van der Waals surface area contributed by atoms with E-state index in [9.17, 15) is 9.59 Å². The summed E-state index contributed by atoms with van der Waals surface area (Å²) in [5.74, 6) is -1.68. The average molecular weight is 292 g/mol. The van der Waals surface area contributed by atoms with Gasteiger partial charge in [-0.2, -0.15) is 0 Å². The molecular formula is C13H28N2O5. The third-order valence-corrected chi connectivity index (χ3v) is 3.08. The smallest absolute Gasteiger partial charge is 0.320 e. The summed E-state index contributed by atoms with van der Waals surface area (Å²) in [6.07, 6.45) is 1.63. The number of carbonyl (C=O) groups is 3. The van der Waals surface area contributed by atoms with E-state index in [0.717, 1.165) is 12.8 Å². The number of hydrogen-bond acceptors (Lipinski definition) is 5. The molecule has 0 radical (unpaired) electrons. The van der Waals surface area contributed by atoms with Crippen LogP contribution in [-0.4, -0.2) is 41.0 Å². The second-order valence-corrected chi connectivity index (χ2v) is 4.50.